The van der Waals surface area contributed by atoms with Crippen LogP contribution in [0.15, 0.2) is 5.38 Å². The van der Waals surface area contributed by atoms with Crippen LogP contribution in [-0.2, 0) is 15.1 Å². The number of carbonyl (C=O) groups is 2. The molecule has 3 fully saturated rings. The summed E-state index contributed by atoms with van der Waals surface area (Å²) in [5.41, 5.74) is 0.678. The highest BCUT2D eigenvalue weighted by Gasteiger charge is 2.54. The fourth-order valence-corrected chi connectivity index (χ4v) is 6.72. The van der Waals surface area contributed by atoms with Crippen LogP contribution in [0.4, 0.5) is 0 Å². The van der Waals surface area contributed by atoms with Gasteiger partial charge in [-0.1, -0.05) is 12.8 Å². The van der Waals surface area contributed by atoms with Crippen molar-refractivity contribution in [3.05, 3.63) is 16.1 Å². The van der Waals surface area contributed by atoms with Gasteiger partial charge in [-0.25, -0.2) is 4.98 Å². The van der Waals surface area contributed by atoms with E-state index in [1.807, 2.05) is 17.2 Å². The topological polar surface area (TPSA) is 62.3 Å². The third kappa shape index (κ3) is 2.47. The standard InChI is InChI=1S/C17H23N3O2S2/c1-11-9-23-15(18-11)17(6-3-4-7-17)19-14(22)12-10-24-16(2)8-5-13(21)20(12)16/h9,12H,3-8,10H2,1-2H3,(H,19,22)/t12-,16-/m0/s1. The van der Waals surface area contributed by atoms with Crippen molar-refractivity contribution in [3.63, 3.8) is 0 Å². The summed E-state index contributed by atoms with van der Waals surface area (Å²) in [5.74, 6) is 0.811. The van der Waals surface area contributed by atoms with Gasteiger partial charge in [0.2, 0.25) is 11.8 Å². The molecule has 2 amide bonds. The Morgan fingerprint density at radius 1 is 1.38 bits per heavy atom. The molecule has 0 spiro atoms. The van der Waals surface area contributed by atoms with Crippen molar-refractivity contribution in [2.45, 2.75) is 68.8 Å². The first kappa shape index (κ1) is 16.4. The monoisotopic (exact) mass is 365 g/mol. The Balaban J connectivity index is 1.57. The van der Waals surface area contributed by atoms with Gasteiger partial charge in [-0.05, 0) is 33.1 Å². The van der Waals surface area contributed by atoms with Gasteiger partial charge < -0.3 is 10.2 Å². The molecule has 24 heavy (non-hydrogen) atoms. The maximum atomic E-state index is 13.1. The summed E-state index contributed by atoms with van der Waals surface area (Å²) in [6.45, 7) is 4.08. The number of nitrogens with zero attached hydrogens (tertiary/aromatic N) is 2. The Kier molecular flexibility index (Phi) is 3.91. The van der Waals surface area contributed by atoms with E-state index < -0.39 is 0 Å². The minimum Gasteiger partial charge on any atom is -0.342 e. The van der Waals surface area contributed by atoms with Crippen molar-refractivity contribution >= 4 is 34.9 Å². The number of hydrogen-bond acceptors (Lipinski definition) is 5. The maximum absolute atomic E-state index is 13.1. The largest absolute Gasteiger partial charge is 0.342 e. The lowest BCUT2D eigenvalue weighted by atomic mass is 9.97. The van der Waals surface area contributed by atoms with Crippen LogP contribution in [0.5, 0.6) is 0 Å². The Morgan fingerprint density at radius 2 is 2.12 bits per heavy atom. The molecule has 0 bridgehead atoms. The lowest BCUT2D eigenvalue weighted by molar-refractivity contribution is -0.138. The van der Waals surface area contributed by atoms with Crippen molar-refractivity contribution < 1.29 is 9.59 Å². The molecule has 130 valence electrons. The Morgan fingerprint density at radius 3 is 2.79 bits per heavy atom. The highest BCUT2D eigenvalue weighted by Crippen LogP contribution is 2.48. The first-order valence-corrected chi connectivity index (χ1v) is 10.5. The van der Waals surface area contributed by atoms with E-state index in [-0.39, 0.29) is 28.3 Å². The highest BCUT2D eigenvalue weighted by molar-refractivity contribution is 8.01. The number of thioether (sulfide) groups is 1. The number of amides is 2. The van der Waals surface area contributed by atoms with Gasteiger partial charge in [-0.2, -0.15) is 0 Å². The second-order valence-electron chi connectivity index (χ2n) is 7.34. The smallest absolute Gasteiger partial charge is 0.244 e. The van der Waals surface area contributed by atoms with E-state index in [0.717, 1.165) is 42.8 Å². The minimum atomic E-state index is -0.339. The van der Waals surface area contributed by atoms with Crippen molar-refractivity contribution in [2.24, 2.45) is 0 Å². The van der Waals surface area contributed by atoms with Crippen LogP contribution in [0.3, 0.4) is 0 Å². The molecule has 1 N–H and O–H groups in total. The van der Waals surface area contributed by atoms with E-state index in [1.54, 1.807) is 23.1 Å². The molecule has 3 aliphatic rings. The summed E-state index contributed by atoms with van der Waals surface area (Å²) in [6.07, 6.45) is 5.51. The van der Waals surface area contributed by atoms with E-state index in [0.29, 0.717) is 12.2 Å². The van der Waals surface area contributed by atoms with Gasteiger partial charge in [-0.3, -0.25) is 9.59 Å². The first-order valence-electron chi connectivity index (χ1n) is 8.64. The zero-order valence-electron chi connectivity index (χ0n) is 14.1. The zero-order valence-corrected chi connectivity index (χ0v) is 15.8. The number of rotatable bonds is 3. The Labute approximate surface area is 150 Å². The molecular weight excluding hydrogens is 342 g/mol. The molecule has 3 heterocycles. The van der Waals surface area contributed by atoms with E-state index in [4.69, 9.17) is 0 Å². The van der Waals surface area contributed by atoms with E-state index in [2.05, 4.69) is 17.2 Å². The van der Waals surface area contributed by atoms with Crippen LogP contribution >= 0.6 is 23.1 Å². The highest BCUT2D eigenvalue weighted by atomic mass is 32.2. The molecular formula is C17H23N3O2S2. The van der Waals surface area contributed by atoms with Gasteiger partial charge in [0.25, 0.3) is 0 Å². The van der Waals surface area contributed by atoms with Crippen LogP contribution < -0.4 is 5.32 Å². The molecule has 2 aliphatic heterocycles. The molecule has 0 aromatic carbocycles. The molecule has 2 atom stereocenters. The van der Waals surface area contributed by atoms with Gasteiger partial charge in [0.1, 0.15) is 11.0 Å². The Bertz CT molecular complexity index is 683. The van der Waals surface area contributed by atoms with Crippen molar-refractivity contribution in [2.75, 3.05) is 5.75 Å². The summed E-state index contributed by atoms with van der Waals surface area (Å²) in [6, 6.07) is -0.339. The summed E-state index contributed by atoms with van der Waals surface area (Å²) in [7, 11) is 0. The molecule has 1 saturated carbocycles. The van der Waals surface area contributed by atoms with Gasteiger partial charge >= 0.3 is 0 Å². The van der Waals surface area contributed by atoms with Crippen LogP contribution in [0.1, 0.15) is 56.2 Å². The van der Waals surface area contributed by atoms with Gasteiger partial charge in [0.05, 0.1) is 10.4 Å². The lowest BCUT2D eigenvalue weighted by Gasteiger charge is -2.33. The number of aryl methyl sites for hydroxylation is 1. The molecule has 1 aliphatic carbocycles. The van der Waals surface area contributed by atoms with Gasteiger partial charge in [0.15, 0.2) is 0 Å². The van der Waals surface area contributed by atoms with Crippen molar-refractivity contribution in [3.8, 4) is 0 Å². The maximum Gasteiger partial charge on any atom is 0.244 e. The third-order valence-corrected chi connectivity index (χ3v) is 8.26. The number of hydrogen-bond donors (Lipinski definition) is 1. The summed E-state index contributed by atoms with van der Waals surface area (Å²) in [4.78, 5) is 31.7. The van der Waals surface area contributed by atoms with Crippen molar-refractivity contribution in [1.82, 2.24) is 15.2 Å². The number of fused-ring (bicyclic) bond motifs is 1. The third-order valence-electron chi connectivity index (χ3n) is 5.60. The summed E-state index contributed by atoms with van der Waals surface area (Å²) >= 11 is 3.38. The minimum absolute atomic E-state index is 0.00349. The fraction of sp³-hybridized carbons (Fsp3) is 0.706. The molecule has 5 nitrogen and oxygen atoms in total. The average molecular weight is 366 g/mol. The number of nitrogens with one attached hydrogen (secondary N) is 1. The van der Waals surface area contributed by atoms with Crippen molar-refractivity contribution in [1.29, 1.82) is 0 Å². The normalized spacial score (nSPS) is 31.5. The van der Waals surface area contributed by atoms with Crippen LogP contribution in [-0.4, -0.2) is 38.4 Å². The zero-order chi connectivity index (χ0) is 16.9. The second kappa shape index (κ2) is 5.73. The number of carbonyl (C=O) groups excluding carboxylic acids is 2. The molecule has 0 unspecified atom stereocenters. The number of aromatic nitrogens is 1. The summed E-state index contributed by atoms with van der Waals surface area (Å²) in [5, 5.41) is 6.39. The fourth-order valence-electron chi connectivity index (χ4n) is 4.28. The van der Waals surface area contributed by atoms with Gasteiger partial charge in [0, 0.05) is 23.2 Å². The van der Waals surface area contributed by atoms with Crippen LogP contribution in [0, 0.1) is 6.92 Å². The summed E-state index contributed by atoms with van der Waals surface area (Å²) < 4.78 is 0. The van der Waals surface area contributed by atoms with Crippen LogP contribution in [0.2, 0.25) is 0 Å². The average Bonchev–Trinajstić information content (AvgIpc) is 3.27. The molecule has 4 rings (SSSR count). The predicted octanol–water partition coefficient (Wildman–Crippen LogP) is 2.79. The lowest BCUT2D eigenvalue weighted by Crippen LogP contribution is -2.54. The first-order chi connectivity index (χ1) is 11.4. The molecule has 0 radical (unpaired) electrons. The SMILES string of the molecule is Cc1csc(C2(NC(=O)[C@@H]3CS[C@@]4(C)CCC(=O)N34)CCCC2)n1. The number of thiazole rings is 1. The molecule has 1 aromatic rings. The van der Waals surface area contributed by atoms with E-state index in [1.165, 1.54) is 0 Å². The Hall–Kier alpha value is -1.08. The van der Waals surface area contributed by atoms with Crippen LogP contribution in [0.25, 0.3) is 0 Å². The quantitative estimate of drug-likeness (QED) is 0.895. The van der Waals surface area contributed by atoms with Gasteiger partial charge in [-0.15, -0.1) is 23.1 Å². The van der Waals surface area contributed by atoms with E-state index in [9.17, 15) is 9.59 Å². The molecule has 1 aromatic heterocycles. The molecule has 2 saturated heterocycles. The second-order valence-corrected chi connectivity index (χ2v) is 9.70. The molecule has 7 heteroatoms. The predicted molar refractivity (Wildman–Crippen MR) is 95.9 cm³/mol. The van der Waals surface area contributed by atoms with E-state index >= 15 is 0 Å².